The molecule has 0 aromatic carbocycles. The topological polar surface area (TPSA) is 37.3 Å². The third kappa shape index (κ3) is 3.37. The van der Waals surface area contributed by atoms with Gasteiger partial charge in [0.05, 0.1) is 5.41 Å². The van der Waals surface area contributed by atoms with Crippen LogP contribution in [0.4, 0.5) is 0 Å². The molecule has 0 aliphatic rings. The van der Waals surface area contributed by atoms with E-state index in [1.54, 1.807) is 0 Å². The van der Waals surface area contributed by atoms with Crippen LogP contribution in [0.15, 0.2) is 0 Å². The highest BCUT2D eigenvalue weighted by Crippen LogP contribution is 2.39. The van der Waals surface area contributed by atoms with Gasteiger partial charge in [-0.1, -0.05) is 34.6 Å². The second kappa shape index (κ2) is 3.69. The number of rotatable bonds is 3. The largest absolute Gasteiger partial charge is 0.481 e. The van der Waals surface area contributed by atoms with Gasteiger partial charge >= 0.3 is 5.97 Å². The average Bonchev–Trinajstić information content (AvgIpc) is 1.82. The molecule has 0 fully saturated rings. The number of carboxylic acid groups (broad SMARTS) is 1. The maximum Gasteiger partial charge on any atom is 0.309 e. The molecular weight excluding hydrogens is 164 g/mol. The van der Waals surface area contributed by atoms with E-state index in [2.05, 4.69) is 20.8 Å². The number of hydrogen-bond acceptors (Lipinski definition) is 1. The van der Waals surface area contributed by atoms with Crippen molar-refractivity contribution < 1.29 is 9.90 Å². The third-order valence-electron chi connectivity index (χ3n) is 2.66. The Kier molecular flexibility index (Phi) is 3.54. The Hall–Kier alpha value is -0.530. The first kappa shape index (κ1) is 12.5. The smallest absolute Gasteiger partial charge is 0.309 e. The molecule has 0 aromatic heterocycles. The van der Waals surface area contributed by atoms with E-state index in [-0.39, 0.29) is 11.3 Å². The molecule has 0 radical (unpaired) electrons. The van der Waals surface area contributed by atoms with Crippen molar-refractivity contribution >= 4 is 5.97 Å². The van der Waals surface area contributed by atoms with Crippen molar-refractivity contribution in [2.45, 2.75) is 48.0 Å². The molecular formula is C11H22O2. The molecule has 0 bridgehead atoms. The van der Waals surface area contributed by atoms with Gasteiger partial charge in [0.25, 0.3) is 0 Å². The lowest BCUT2D eigenvalue weighted by atomic mass is 9.69. The van der Waals surface area contributed by atoms with Crippen LogP contribution in [0.2, 0.25) is 0 Å². The van der Waals surface area contributed by atoms with E-state index in [1.807, 2.05) is 20.8 Å². The summed E-state index contributed by atoms with van der Waals surface area (Å²) in [5.41, 5.74) is -0.532. The second-order valence-electron chi connectivity index (χ2n) is 5.61. The Balaban J connectivity index is 4.73. The van der Waals surface area contributed by atoms with Crippen molar-refractivity contribution in [3.63, 3.8) is 0 Å². The fourth-order valence-corrected chi connectivity index (χ4v) is 1.63. The van der Waals surface area contributed by atoms with Gasteiger partial charge in [0.1, 0.15) is 0 Å². The lowest BCUT2D eigenvalue weighted by Gasteiger charge is -2.35. The molecule has 0 saturated carbocycles. The zero-order chi connectivity index (χ0) is 10.9. The van der Waals surface area contributed by atoms with E-state index in [0.29, 0.717) is 6.42 Å². The van der Waals surface area contributed by atoms with Crippen LogP contribution in [0, 0.1) is 16.7 Å². The Labute approximate surface area is 81.3 Å². The zero-order valence-corrected chi connectivity index (χ0v) is 9.64. The van der Waals surface area contributed by atoms with Crippen LogP contribution in [-0.2, 0) is 4.79 Å². The molecule has 0 amide bonds. The number of hydrogen-bond donors (Lipinski definition) is 1. The molecule has 0 aliphatic heterocycles. The van der Waals surface area contributed by atoms with E-state index >= 15 is 0 Å². The minimum Gasteiger partial charge on any atom is -0.481 e. The van der Waals surface area contributed by atoms with Gasteiger partial charge in [-0.05, 0) is 24.7 Å². The van der Waals surface area contributed by atoms with Crippen molar-refractivity contribution in [3.05, 3.63) is 0 Å². The predicted octanol–water partition coefficient (Wildman–Crippen LogP) is 3.17. The monoisotopic (exact) mass is 186 g/mol. The Bertz CT molecular complexity index is 189. The quantitative estimate of drug-likeness (QED) is 0.735. The summed E-state index contributed by atoms with van der Waals surface area (Å²) in [7, 11) is 0. The van der Waals surface area contributed by atoms with Crippen LogP contribution in [0.3, 0.4) is 0 Å². The summed E-state index contributed by atoms with van der Waals surface area (Å²) in [4.78, 5) is 11.1. The van der Waals surface area contributed by atoms with Gasteiger partial charge in [0.2, 0.25) is 0 Å². The Morgan fingerprint density at radius 3 is 1.69 bits per heavy atom. The molecule has 0 rings (SSSR count). The lowest BCUT2D eigenvalue weighted by molar-refractivity contribution is -0.152. The minimum absolute atomic E-state index is 0.0669. The van der Waals surface area contributed by atoms with Crippen molar-refractivity contribution in [1.82, 2.24) is 0 Å². The molecule has 78 valence electrons. The molecule has 0 spiro atoms. The fraction of sp³-hybridized carbons (Fsp3) is 0.909. The van der Waals surface area contributed by atoms with Crippen LogP contribution in [0.25, 0.3) is 0 Å². The second-order valence-corrected chi connectivity index (χ2v) is 5.61. The van der Waals surface area contributed by atoms with Crippen molar-refractivity contribution in [2.75, 3.05) is 0 Å². The van der Waals surface area contributed by atoms with Crippen LogP contribution in [0.5, 0.6) is 0 Å². The highest BCUT2D eigenvalue weighted by molar-refractivity contribution is 5.74. The molecule has 0 aliphatic carbocycles. The van der Waals surface area contributed by atoms with E-state index < -0.39 is 11.4 Å². The van der Waals surface area contributed by atoms with Crippen LogP contribution >= 0.6 is 0 Å². The van der Waals surface area contributed by atoms with E-state index in [1.165, 1.54) is 0 Å². The van der Waals surface area contributed by atoms with Crippen molar-refractivity contribution in [1.29, 1.82) is 0 Å². The van der Waals surface area contributed by atoms with Gasteiger partial charge in [-0.25, -0.2) is 0 Å². The third-order valence-corrected chi connectivity index (χ3v) is 2.66. The van der Waals surface area contributed by atoms with E-state index in [0.717, 1.165) is 0 Å². The van der Waals surface area contributed by atoms with Crippen LogP contribution in [-0.4, -0.2) is 11.1 Å². The zero-order valence-electron chi connectivity index (χ0n) is 9.64. The minimum atomic E-state index is -0.683. The maximum atomic E-state index is 11.1. The molecule has 1 atom stereocenters. The molecule has 0 saturated heterocycles. The summed E-state index contributed by atoms with van der Waals surface area (Å²) in [5.74, 6) is -0.512. The van der Waals surface area contributed by atoms with Gasteiger partial charge < -0.3 is 5.11 Å². The van der Waals surface area contributed by atoms with Gasteiger partial charge in [-0.3, -0.25) is 4.79 Å². The summed E-state index contributed by atoms with van der Waals surface area (Å²) in [6.45, 7) is 12.0. The Morgan fingerprint density at radius 2 is 1.62 bits per heavy atom. The van der Waals surface area contributed by atoms with Gasteiger partial charge in [0, 0.05) is 0 Å². The first-order valence-electron chi connectivity index (χ1n) is 4.83. The molecule has 0 heterocycles. The number of carbonyl (C=O) groups is 1. The number of aliphatic carboxylic acids is 1. The van der Waals surface area contributed by atoms with Crippen LogP contribution in [0.1, 0.15) is 48.0 Å². The van der Waals surface area contributed by atoms with E-state index in [4.69, 9.17) is 5.11 Å². The first-order valence-corrected chi connectivity index (χ1v) is 4.83. The summed E-state index contributed by atoms with van der Waals surface area (Å²) < 4.78 is 0. The lowest BCUT2D eigenvalue weighted by Crippen LogP contribution is -2.36. The van der Waals surface area contributed by atoms with Crippen molar-refractivity contribution in [3.8, 4) is 0 Å². The van der Waals surface area contributed by atoms with Gasteiger partial charge in [0.15, 0.2) is 0 Å². The molecule has 1 N–H and O–H groups in total. The molecule has 13 heavy (non-hydrogen) atoms. The Morgan fingerprint density at radius 1 is 1.23 bits per heavy atom. The fourth-order valence-electron chi connectivity index (χ4n) is 1.63. The van der Waals surface area contributed by atoms with Gasteiger partial charge in [-0.15, -0.1) is 0 Å². The first-order chi connectivity index (χ1) is 5.59. The average molecular weight is 186 g/mol. The van der Waals surface area contributed by atoms with Gasteiger partial charge in [-0.2, -0.15) is 0 Å². The van der Waals surface area contributed by atoms with E-state index in [9.17, 15) is 4.79 Å². The van der Waals surface area contributed by atoms with Crippen molar-refractivity contribution in [2.24, 2.45) is 16.7 Å². The standard InChI is InChI=1S/C11H22O2/c1-8(2)11(6,9(12)13)7-10(3,4)5/h8H,7H2,1-6H3,(H,12,13). The molecule has 0 aromatic rings. The SMILES string of the molecule is CC(C)C(C)(CC(C)(C)C)C(=O)O. The summed E-state index contributed by atoms with van der Waals surface area (Å²) >= 11 is 0. The highest BCUT2D eigenvalue weighted by Gasteiger charge is 2.39. The van der Waals surface area contributed by atoms with Crippen LogP contribution < -0.4 is 0 Å². The molecule has 2 nitrogen and oxygen atoms in total. The normalized spacial score (nSPS) is 17.2. The highest BCUT2D eigenvalue weighted by atomic mass is 16.4. The summed E-state index contributed by atoms with van der Waals surface area (Å²) in [5, 5.41) is 9.17. The summed E-state index contributed by atoms with van der Waals surface area (Å²) in [6, 6.07) is 0. The molecule has 1 unspecified atom stereocenters. The molecule has 2 heteroatoms. The number of carboxylic acids is 1. The summed E-state index contributed by atoms with van der Waals surface area (Å²) in [6.07, 6.45) is 0.715. The maximum absolute atomic E-state index is 11.1. The predicted molar refractivity (Wildman–Crippen MR) is 54.7 cm³/mol.